The predicted molar refractivity (Wildman–Crippen MR) is 163 cm³/mol. The molecule has 14 heteroatoms. The van der Waals surface area contributed by atoms with E-state index < -0.39 is 53.8 Å². The largest absolute Gasteiger partial charge is 0.465 e. The van der Waals surface area contributed by atoms with E-state index in [1.54, 1.807) is 11.5 Å². The summed E-state index contributed by atoms with van der Waals surface area (Å²) in [5.41, 5.74) is 3.57. The van der Waals surface area contributed by atoms with Gasteiger partial charge in [-0.2, -0.15) is 5.26 Å². The van der Waals surface area contributed by atoms with Crippen LogP contribution in [0.15, 0.2) is 24.8 Å². The third kappa shape index (κ3) is 6.66. The van der Waals surface area contributed by atoms with Crippen molar-refractivity contribution in [3.8, 4) is 17.3 Å². The van der Waals surface area contributed by atoms with Gasteiger partial charge in [-0.1, -0.05) is 19.4 Å². The van der Waals surface area contributed by atoms with E-state index >= 15 is 0 Å². The van der Waals surface area contributed by atoms with E-state index in [9.17, 15) is 24.4 Å². The highest BCUT2D eigenvalue weighted by molar-refractivity contribution is 5.89. The van der Waals surface area contributed by atoms with E-state index in [0.717, 1.165) is 41.5 Å². The average molecular weight is 648 g/mol. The summed E-state index contributed by atoms with van der Waals surface area (Å²) in [6.45, 7) is 7.42. The molecular formula is C33H37N5O9. The number of rotatable bonds is 11. The van der Waals surface area contributed by atoms with Crippen molar-refractivity contribution in [2.75, 3.05) is 13.2 Å². The lowest BCUT2D eigenvalue weighted by Crippen LogP contribution is -2.40. The van der Waals surface area contributed by atoms with Gasteiger partial charge in [0.25, 0.3) is 0 Å². The predicted octanol–water partition coefficient (Wildman–Crippen LogP) is 3.33. The fraction of sp³-hybridized carbons (Fsp3) is 0.515. The van der Waals surface area contributed by atoms with E-state index in [1.807, 2.05) is 12.1 Å². The maximum absolute atomic E-state index is 12.9. The van der Waals surface area contributed by atoms with Gasteiger partial charge in [-0.05, 0) is 42.5 Å². The van der Waals surface area contributed by atoms with E-state index in [-0.39, 0.29) is 26.1 Å². The Morgan fingerprint density at radius 3 is 2.32 bits per heavy atom. The number of nitriles is 1. The molecule has 0 N–H and O–H groups in total. The van der Waals surface area contributed by atoms with Gasteiger partial charge >= 0.3 is 23.9 Å². The number of benzene rings is 1. The molecule has 0 spiro atoms. The van der Waals surface area contributed by atoms with Crippen LogP contribution in [-0.2, 0) is 62.1 Å². The van der Waals surface area contributed by atoms with Crippen LogP contribution in [0.2, 0.25) is 0 Å². The van der Waals surface area contributed by atoms with E-state index in [0.29, 0.717) is 16.9 Å². The minimum Gasteiger partial charge on any atom is -0.465 e. The third-order valence-corrected chi connectivity index (χ3v) is 8.32. The number of aromatic nitrogens is 4. The first-order valence-electron chi connectivity index (χ1n) is 15.6. The topological polar surface area (TPSA) is 182 Å². The summed E-state index contributed by atoms with van der Waals surface area (Å²) in [4.78, 5) is 62.4. The molecule has 2 aromatic heterocycles. The molecule has 1 aromatic carbocycles. The second kappa shape index (κ2) is 13.8. The number of hydrogen-bond donors (Lipinski definition) is 0. The van der Waals surface area contributed by atoms with Crippen molar-refractivity contribution in [1.82, 2.24) is 19.5 Å². The lowest BCUT2D eigenvalue weighted by atomic mass is 9.86. The van der Waals surface area contributed by atoms with Gasteiger partial charge in [-0.3, -0.25) is 23.7 Å². The number of carbonyl (C=O) groups excluding carboxylic acids is 4. The normalized spacial score (nSPS) is 23.1. The zero-order valence-corrected chi connectivity index (χ0v) is 27.0. The Bertz CT molecular complexity index is 1750. The first-order valence-corrected chi connectivity index (χ1v) is 15.6. The van der Waals surface area contributed by atoms with Crippen molar-refractivity contribution in [3.05, 3.63) is 41.5 Å². The number of unbranched alkanes of at least 4 members (excludes halogenated alkanes) is 1. The molecule has 1 saturated heterocycles. The Morgan fingerprint density at radius 1 is 0.979 bits per heavy atom. The smallest absolute Gasteiger partial charge is 0.327 e. The van der Waals surface area contributed by atoms with Crippen LogP contribution in [0.5, 0.6) is 0 Å². The first-order chi connectivity index (χ1) is 22.5. The molecule has 47 heavy (non-hydrogen) atoms. The monoisotopic (exact) mass is 647 g/mol. The van der Waals surface area contributed by atoms with Crippen molar-refractivity contribution in [2.45, 2.75) is 91.3 Å². The molecule has 3 aromatic rings. The van der Waals surface area contributed by atoms with Crippen molar-refractivity contribution in [2.24, 2.45) is 5.41 Å². The van der Waals surface area contributed by atoms with Crippen LogP contribution in [0.25, 0.3) is 22.4 Å². The van der Waals surface area contributed by atoms with Crippen molar-refractivity contribution in [1.29, 1.82) is 5.26 Å². The van der Waals surface area contributed by atoms with Crippen LogP contribution < -0.4 is 0 Å². The van der Waals surface area contributed by atoms with Gasteiger partial charge in [0.05, 0.1) is 19.0 Å². The first kappa shape index (κ1) is 33.5. The molecule has 2 aliphatic rings. The van der Waals surface area contributed by atoms with Crippen LogP contribution in [0.1, 0.15) is 70.4 Å². The van der Waals surface area contributed by atoms with Crippen LogP contribution in [0.3, 0.4) is 0 Å². The Hall–Kier alpha value is -4.90. The van der Waals surface area contributed by atoms with Crippen molar-refractivity contribution < 1.29 is 42.9 Å². The summed E-state index contributed by atoms with van der Waals surface area (Å²) in [5, 5.41) is 10.1. The van der Waals surface area contributed by atoms with Crippen LogP contribution in [-0.4, -0.2) is 74.9 Å². The summed E-state index contributed by atoms with van der Waals surface area (Å²) in [6.07, 6.45) is 1.72. The zero-order valence-electron chi connectivity index (χ0n) is 27.0. The number of carbonyl (C=O) groups is 4. The lowest BCUT2D eigenvalue weighted by molar-refractivity contribution is -0.166. The zero-order chi connectivity index (χ0) is 33.9. The number of esters is 4. The highest BCUT2D eigenvalue weighted by Gasteiger charge is 2.51. The molecule has 0 radical (unpaired) electrons. The van der Waals surface area contributed by atoms with Crippen molar-refractivity contribution >= 4 is 35.0 Å². The average Bonchev–Trinajstić information content (AvgIpc) is 3.72. The van der Waals surface area contributed by atoms with E-state index in [2.05, 4.69) is 27.9 Å². The molecule has 3 heterocycles. The van der Waals surface area contributed by atoms with Gasteiger partial charge in [0.2, 0.25) is 0 Å². The van der Waals surface area contributed by atoms with Gasteiger partial charge in [-0.25, -0.2) is 15.0 Å². The number of fused-ring (bicyclic) bond motifs is 2. The van der Waals surface area contributed by atoms with Gasteiger partial charge in [0.15, 0.2) is 29.5 Å². The minimum absolute atomic E-state index is 0.183. The quantitative estimate of drug-likeness (QED) is 0.218. The Balaban J connectivity index is 1.59. The molecule has 14 nitrogen and oxygen atoms in total. The summed E-state index contributed by atoms with van der Waals surface area (Å²) < 4.78 is 29.3. The van der Waals surface area contributed by atoms with Gasteiger partial charge < -0.3 is 23.7 Å². The van der Waals surface area contributed by atoms with E-state index in [4.69, 9.17) is 23.7 Å². The maximum atomic E-state index is 12.9. The Morgan fingerprint density at radius 2 is 1.68 bits per heavy atom. The third-order valence-electron chi connectivity index (χ3n) is 8.32. The van der Waals surface area contributed by atoms with Gasteiger partial charge in [-0.15, -0.1) is 0 Å². The fourth-order valence-corrected chi connectivity index (χ4v) is 6.27. The molecule has 248 valence electrons. The Labute approximate surface area is 271 Å². The molecule has 1 fully saturated rings. The standard InChI is InChI=1S/C33H37N5O9/c1-6-8-9-21-10-22-12-33(15-34,32(42)43-7-2)13-23(22)11-24(21)26-27-30(36-16-35-26)38(17-37-27)31-29(46-20(5)41)28(45-19(4)40)25(47-31)14-44-18(3)39/h10-11,16-17,25,28-29,31H,6-9,12-14H2,1-5H3/t25-,28-,29-,31-,33?/m1/s1. The number of imidazole rings is 1. The molecular weight excluding hydrogens is 610 g/mol. The maximum Gasteiger partial charge on any atom is 0.327 e. The number of hydrogen-bond acceptors (Lipinski definition) is 13. The molecule has 1 unspecified atom stereocenters. The number of aryl methyl sites for hydroxylation is 1. The molecule has 5 atom stereocenters. The molecule has 0 saturated carbocycles. The molecule has 1 aliphatic heterocycles. The Kier molecular flexibility index (Phi) is 9.85. The number of nitrogens with zero attached hydrogens (tertiary/aromatic N) is 5. The van der Waals surface area contributed by atoms with Crippen LogP contribution >= 0.6 is 0 Å². The van der Waals surface area contributed by atoms with Gasteiger partial charge in [0.1, 0.15) is 30.2 Å². The van der Waals surface area contributed by atoms with Crippen LogP contribution in [0, 0.1) is 16.7 Å². The summed E-state index contributed by atoms with van der Waals surface area (Å²) >= 11 is 0. The van der Waals surface area contributed by atoms with Crippen LogP contribution in [0.4, 0.5) is 0 Å². The van der Waals surface area contributed by atoms with Crippen molar-refractivity contribution in [3.63, 3.8) is 0 Å². The molecule has 1 aliphatic carbocycles. The van der Waals surface area contributed by atoms with Gasteiger partial charge in [0, 0.05) is 39.2 Å². The SMILES string of the molecule is CCCCc1cc2c(cc1-c1ncnc3c1ncn3[C@@H]1O[C@H](COC(C)=O)[C@@H](OC(C)=O)[C@H]1OC(C)=O)CC(C#N)(C(=O)OCC)C2. The second-order valence-corrected chi connectivity index (χ2v) is 11.7. The minimum atomic E-state index is -1.30. The summed E-state index contributed by atoms with van der Waals surface area (Å²) in [5.74, 6) is -2.36. The van der Waals surface area contributed by atoms with E-state index in [1.165, 1.54) is 33.4 Å². The second-order valence-electron chi connectivity index (χ2n) is 11.7. The lowest BCUT2D eigenvalue weighted by Gasteiger charge is -2.23. The molecule has 5 rings (SSSR count). The highest BCUT2D eigenvalue weighted by atomic mass is 16.7. The molecule has 0 bridgehead atoms. The number of ether oxygens (including phenoxy) is 5. The molecule has 0 amide bonds. The fourth-order valence-electron chi connectivity index (χ4n) is 6.27. The summed E-state index contributed by atoms with van der Waals surface area (Å²) in [7, 11) is 0. The summed E-state index contributed by atoms with van der Waals surface area (Å²) in [6, 6.07) is 6.24. The highest BCUT2D eigenvalue weighted by Crippen LogP contribution is 2.42.